The van der Waals surface area contributed by atoms with Gasteiger partial charge in [0.1, 0.15) is 17.8 Å². The summed E-state index contributed by atoms with van der Waals surface area (Å²) in [7, 11) is 0. The minimum Gasteiger partial charge on any atom is -0.463 e. The fourth-order valence-corrected chi connectivity index (χ4v) is 1.33. The molecular formula is C13H14O3. The molecule has 0 aliphatic carbocycles. The molecule has 16 heavy (non-hydrogen) atoms. The normalized spacial score (nSPS) is 14.4. The average Bonchev–Trinajstić information content (AvgIpc) is 3.11. The van der Waals surface area contributed by atoms with Crippen LogP contribution in [0.1, 0.15) is 12.8 Å². The second-order valence-electron chi connectivity index (χ2n) is 3.40. The first-order chi connectivity index (χ1) is 7.88. The van der Waals surface area contributed by atoms with E-state index in [4.69, 9.17) is 14.2 Å². The van der Waals surface area contributed by atoms with Crippen LogP contribution in [0.2, 0.25) is 0 Å². The van der Waals surface area contributed by atoms with E-state index < -0.39 is 0 Å². The molecule has 0 radical (unpaired) electrons. The van der Waals surface area contributed by atoms with Gasteiger partial charge in [-0.3, -0.25) is 0 Å². The number of allylic oxidation sites excluding steroid dienone is 1. The lowest BCUT2D eigenvalue weighted by atomic mass is 10.3. The van der Waals surface area contributed by atoms with Crippen LogP contribution in [0.15, 0.2) is 55.2 Å². The topological polar surface area (TPSA) is 31.0 Å². The first-order valence-electron chi connectivity index (χ1n) is 5.22. The molecule has 0 saturated carbocycles. The average molecular weight is 218 g/mol. The summed E-state index contributed by atoms with van der Waals surface area (Å²) in [6.45, 7) is 3.54. The Labute approximate surface area is 94.9 Å². The molecule has 0 spiro atoms. The lowest BCUT2D eigenvalue weighted by molar-refractivity contribution is -0.0346. The van der Waals surface area contributed by atoms with Crippen molar-refractivity contribution in [2.24, 2.45) is 0 Å². The molecule has 0 fully saturated rings. The van der Waals surface area contributed by atoms with E-state index in [-0.39, 0.29) is 6.29 Å². The Morgan fingerprint density at radius 2 is 2.06 bits per heavy atom. The van der Waals surface area contributed by atoms with Crippen molar-refractivity contribution in [1.82, 2.24) is 0 Å². The Morgan fingerprint density at radius 1 is 1.31 bits per heavy atom. The van der Waals surface area contributed by atoms with Crippen molar-refractivity contribution in [1.29, 1.82) is 0 Å². The monoisotopic (exact) mass is 218 g/mol. The summed E-state index contributed by atoms with van der Waals surface area (Å²) in [5, 5.41) is 0. The summed E-state index contributed by atoms with van der Waals surface area (Å²) in [4.78, 5) is 0. The Kier molecular flexibility index (Phi) is 3.49. The van der Waals surface area contributed by atoms with Crippen LogP contribution >= 0.6 is 0 Å². The van der Waals surface area contributed by atoms with Gasteiger partial charge in [0, 0.05) is 12.8 Å². The maximum absolute atomic E-state index is 5.66. The van der Waals surface area contributed by atoms with E-state index in [2.05, 4.69) is 6.58 Å². The smallest absolute Gasteiger partial charge is 0.240 e. The van der Waals surface area contributed by atoms with Crippen molar-refractivity contribution in [3.05, 3.63) is 55.2 Å². The van der Waals surface area contributed by atoms with Crippen LogP contribution in [0.25, 0.3) is 0 Å². The highest BCUT2D eigenvalue weighted by Gasteiger charge is 2.16. The van der Waals surface area contributed by atoms with Gasteiger partial charge < -0.3 is 14.2 Å². The van der Waals surface area contributed by atoms with E-state index in [9.17, 15) is 0 Å². The van der Waals surface area contributed by atoms with Crippen LogP contribution in [0, 0.1) is 0 Å². The summed E-state index contributed by atoms with van der Waals surface area (Å²) in [5.41, 5.74) is 0. The lowest BCUT2D eigenvalue weighted by Gasteiger charge is -2.17. The third-order valence-electron chi connectivity index (χ3n) is 2.17. The molecule has 0 N–H and O–H groups in total. The molecule has 2 rings (SSSR count). The van der Waals surface area contributed by atoms with Crippen LogP contribution in [0.5, 0.6) is 5.75 Å². The molecule has 84 valence electrons. The molecule has 0 amide bonds. The highest BCUT2D eigenvalue weighted by molar-refractivity contribution is 5.21. The fourth-order valence-electron chi connectivity index (χ4n) is 1.33. The number of rotatable bonds is 7. The van der Waals surface area contributed by atoms with Gasteiger partial charge in [0.2, 0.25) is 6.29 Å². The minimum atomic E-state index is -0.315. The zero-order valence-corrected chi connectivity index (χ0v) is 8.96. The molecule has 1 aliphatic rings. The zero-order valence-electron chi connectivity index (χ0n) is 8.96. The van der Waals surface area contributed by atoms with Gasteiger partial charge in [0.15, 0.2) is 0 Å². The maximum atomic E-state index is 5.66. The first kappa shape index (κ1) is 10.6. The predicted octanol–water partition coefficient (Wildman–Crippen LogP) is 3.20. The van der Waals surface area contributed by atoms with Gasteiger partial charge in [0.05, 0.1) is 6.26 Å². The summed E-state index contributed by atoms with van der Waals surface area (Å²) in [5.74, 6) is 1.79. The number of ether oxygens (including phenoxy) is 3. The number of para-hydroxylation sites is 1. The standard InChI is InChI=1S/C13H14O3/c1-2-14-13(9-8-12-10-15-12)16-11-6-4-3-5-7-11/h2-7,10,13H,1,8-9H2. The quantitative estimate of drug-likeness (QED) is 0.520. The Morgan fingerprint density at radius 3 is 2.69 bits per heavy atom. The van der Waals surface area contributed by atoms with Gasteiger partial charge in [-0.15, -0.1) is 0 Å². The van der Waals surface area contributed by atoms with Crippen LogP contribution in [0.3, 0.4) is 0 Å². The molecule has 0 saturated heterocycles. The Bertz CT molecular complexity index is 370. The molecule has 0 bridgehead atoms. The van der Waals surface area contributed by atoms with Crippen molar-refractivity contribution < 1.29 is 14.2 Å². The van der Waals surface area contributed by atoms with Gasteiger partial charge in [0.25, 0.3) is 0 Å². The Balaban J connectivity index is 1.85. The van der Waals surface area contributed by atoms with E-state index in [1.54, 1.807) is 6.26 Å². The summed E-state index contributed by atoms with van der Waals surface area (Å²) < 4.78 is 15.9. The number of benzene rings is 1. The molecule has 0 aromatic heterocycles. The fraction of sp³-hybridized carbons (Fsp3) is 0.231. The van der Waals surface area contributed by atoms with Crippen molar-refractivity contribution >= 4 is 0 Å². The zero-order chi connectivity index (χ0) is 11.2. The minimum absolute atomic E-state index is 0.315. The van der Waals surface area contributed by atoms with Crippen molar-refractivity contribution in [2.75, 3.05) is 0 Å². The second kappa shape index (κ2) is 5.26. The number of hydrogen-bond donors (Lipinski definition) is 0. The molecule has 1 aromatic carbocycles. The van der Waals surface area contributed by atoms with E-state index in [1.165, 1.54) is 6.26 Å². The van der Waals surface area contributed by atoms with E-state index >= 15 is 0 Å². The third-order valence-corrected chi connectivity index (χ3v) is 2.17. The largest absolute Gasteiger partial charge is 0.463 e. The molecule has 1 atom stereocenters. The van der Waals surface area contributed by atoms with E-state index in [0.29, 0.717) is 0 Å². The highest BCUT2D eigenvalue weighted by atomic mass is 16.7. The SMILES string of the molecule is C=COC(CCC1=CO1)Oc1ccccc1. The number of hydrogen-bond acceptors (Lipinski definition) is 3. The van der Waals surface area contributed by atoms with Gasteiger partial charge in [-0.1, -0.05) is 24.8 Å². The maximum Gasteiger partial charge on any atom is 0.240 e. The van der Waals surface area contributed by atoms with Crippen LogP contribution in [-0.2, 0) is 9.47 Å². The van der Waals surface area contributed by atoms with Crippen molar-refractivity contribution in [3.8, 4) is 5.75 Å². The molecule has 1 heterocycles. The van der Waals surface area contributed by atoms with Gasteiger partial charge in [-0.2, -0.15) is 0 Å². The molecule has 1 aromatic rings. The summed E-state index contributed by atoms with van der Waals surface area (Å²) >= 11 is 0. The highest BCUT2D eigenvalue weighted by Crippen LogP contribution is 2.22. The first-order valence-corrected chi connectivity index (χ1v) is 5.22. The van der Waals surface area contributed by atoms with Crippen LogP contribution in [-0.4, -0.2) is 6.29 Å². The van der Waals surface area contributed by atoms with Crippen LogP contribution < -0.4 is 4.74 Å². The van der Waals surface area contributed by atoms with Gasteiger partial charge in [-0.05, 0) is 12.1 Å². The van der Waals surface area contributed by atoms with E-state index in [0.717, 1.165) is 24.4 Å². The molecule has 3 nitrogen and oxygen atoms in total. The van der Waals surface area contributed by atoms with E-state index in [1.807, 2.05) is 30.3 Å². The van der Waals surface area contributed by atoms with Crippen molar-refractivity contribution in [3.63, 3.8) is 0 Å². The summed E-state index contributed by atoms with van der Waals surface area (Å²) in [6.07, 6.45) is 4.38. The third kappa shape index (κ3) is 3.35. The van der Waals surface area contributed by atoms with Gasteiger partial charge >= 0.3 is 0 Å². The summed E-state index contributed by atoms with van der Waals surface area (Å²) in [6, 6.07) is 9.58. The predicted molar refractivity (Wildman–Crippen MR) is 60.5 cm³/mol. The van der Waals surface area contributed by atoms with Gasteiger partial charge in [-0.25, -0.2) is 0 Å². The molecule has 1 aliphatic heterocycles. The lowest BCUT2D eigenvalue weighted by Crippen LogP contribution is -2.17. The molecule has 1 unspecified atom stereocenters. The van der Waals surface area contributed by atoms with Crippen molar-refractivity contribution in [2.45, 2.75) is 19.1 Å². The van der Waals surface area contributed by atoms with Crippen LogP contribution in [0.4, 0.5) is 0 Å². The second-order valence-corrected chi connectivity index (χ2v) is 3.40. The molecule has 3 heteroatoms. The Hall–Kier alpha value is -1.90. The molecular weight excluding hydrogens is 204 g/mol.